The fourth-order valence-electron chi connectivity index (χ4n) is 5.53. The van der Waals surface area contributed by atoms with Gasteiger partial charge in [0.1, 0.15) is 11.9 Å². The molecule has 0 spiro atoms. The maximum absolute atomic E-state index is 14.5. The van der Waals surface area contributed by atoms with Gasteiger partial charge >= 0.3 is 11.9 Å². The number of piperidine rings is 1. The third kappa shape index (κ3) is 5.47. The van der Waals surface area contributed by atoms with Crippen LogP contribution in [0.5, 0.6) is 0 Å². The molecule has 2 N–H and O–H groups in total. The number of halogens is 2. The van der Waals surface area contributed by atoms with Crippen LogP contribution in [0.2, 0.25) is 5.02 Å². The number of carbonyl (C=O) groups excluding carboxylic acids is 1. The van der Waals surface area contributed by atoms with Crippen LogP contribution in [0.4, 0.5) is 4.39 Å². The fraction of sp³-hybridized carbons (Fsp3) is 0.462. The van der Waals surface area contributed by atoms with E-state index in [2.05, 4.69) is 15.2 Å². The Balaban J connectivity index is 1.56. The number of carboxylic acids is 1. The molecule has 0 amide bonds. The van der Waals surface area contributed by atoms with Gasteiger partial charge in [0.15, 0.2) is 10.8 Å². The van der Waals surface area contributed by atoms with Crippen molar-refractivity contribution in [2.24, 2.45) is 10.9 Å². The summed E-state index contributed by atoms with van der Waals surface area (Å²) in [4.78, 5) is 36.2. The van der Waals surface area contributed by atoms with Gasteiger partial charge in [0.25, 0.3) is 0 Å². The van der Waals surface area contributed by atoms with Crippen LogP contribution in [0.1, 0.15) is 42.8 Å². The Kier molecular flexibility index (Phi) is 8.08. The highest BCUT2D eigenvalue weighted by Gasteiger charge is 2.42. The van der Waals surface area contributed by atoms with Crippen LogP contribution >= 0.6 is 22.9 Å². The van der Waals surface area contributed by atoms with Crippen LogP contribution in [-0.4, -0.2) is 71.2 Å². The molecule has 5 rings (SSSR count). The number of ether oxygens (including phenoxy) is 2. The van der Waals surface area contributed by atoms with Crippen molar-refractivity contribution in [3.8, 4) is 0 Å². The topological polar surface area (TPSA) is 113 Å². The standard InChI is InChI=1S/C26H28ClFN4O5S/c1-2-37-26(35)21-19(11-32-15-8-14(10-20(33)34)9-16(32)13-36-12-15)30-24(25-29-6-7-38-25)31-23(21)17-4-3-5-18(28)22(17)27/h3-7,14-16,23H,2,8-13H2,1H3,(H,30,31)(H,33,34)/t14-,15-,16+,23-/m0/s1. The number of morpholine rings is 1. The van der Waals surface area contributed by atoms with Crippen molar-refractivity contribution in [1.29, 1.82) is 0 Å². The highest BCUT2D eigenvalue weighted by Crippen LogP contribution is 2.39. The number of thiazole rings is 1. The van der Waals surface area contributed by atoms with Gasteiger partial charge in [0.2, 0.25) is 0 Å². The van der Waals surface area contributed by atoms with E-state index in [0.717, 1.165) is 0 Å². The summed E-state index contributed by atoms with van der Waals surface area (Å²) in [5.41, 5.74) is 1.18. The van der Waals surface area contributed by atoms with Crippen molar-refractivity contribution in [3.05, 3.63) is 62.5 Å². The Hall–Kier alpha value is -2.86. The lowest BCUT2D eigenvalue weighted by atomic mass is 9.82. The number of hydrogen-bond donors (Lipinski definition) is 2. The molecule has 2 fully saturated rings. The van der Waals surface area contributed by atoms with E-state index in [1.165, 1.54) is 23.5 Å². The first-order valence-corrected chi connectivity index (χ1v) is 13.8. The average Bonchev–Trinajstić information content (AvgIpc) is 3.41. The number of aliphatic carboxylic acids is 1. The van der Waals surface area contributed by atoms with Crippen molar-refractivity contribution >= 4 is 40.7 Å². The number of esters is 1. The quantitative estimate of drug-likeness (QED) is 0.467. The molecule has 2 saturated heterocycles. The molecular weight excluding hydrogens is 535 g/mol. The van der Waals surface area contributed by atoms with Gasteiger partial charge in [-0.1, -0.05) is 23.7 Å². The molecule has 2 aromatic rings. The normalized spacial score (nSPS) is 25.5. The zero-order valence-corrected chi connectivity index (χ0v) is 22.3. The SMILES string of the molecule is CCOC(=O)C1=C(CN2[C@@H]3COC[C@H]2C[C@@H](CC(=O)O)C3)NC(c2nccs2)=N[C@H]1c1cccc(F)c1Cl. The summed E-state index contributed by atoms with van der Waals surface area (Å²) in [5.74, 6) is -1.46. The molecule has 3 aliphatic heterocycles. The Morgan fingerprint density at radius 2 is 2.08 bits per heavy atom. The van der Waals surface area contributed by atoms with E-state index in [1.807, 2.05) is 5.38 Å². The molecule has 0 unspecified atom stereocenters. The fourth-order valence-corrected chi connectivity index (χ4v) is 6.35. The maximum atomic E-state index is 14.5. The summed E-state index contributed by atoms with van der Waals surface area (Å²) in [7, 11) is 0. The van der Waals surface area contributed by atoms with E-state index < -0.39 is 23.8 Å². The summed E-state index contributed by atoms with van der Waals surface area (Å²) in [6.45, 7) is 3.17. The van der Waals surface area contributed by atoms with Crippen LogP contribution in [0.3, 0.4) is 0 Å². The number of hydrogen-bond acceptors (Lipinski definition) is 9. The molecule has 0 aliphatic carbocycles. The summed E-state index contributed by atoms with van der Waals surface area (Å²) in [6, 6.07) is 3.52. The third-order valence-corrected chi connectivity index (χ3v) is 8.28. The average molecular weight is 563 g/mol. The Morgan fingerprint density at radius 3 is 2.74 bits per heavy atom. The molecule has 0 saturated carbocycles. The van der Waals surface area contributed by atoms with E-state index in [1.54, 1.807) is 19.2 Å². The smallest absolute Gasteiger partial charge is 0.338 e. The number of nitrogens with one attached hydrogen (secondary N) is 1. The molecule has 1 aromatic carbocycles. The number of fused-ring (bicyclic) bond motifs is 2. The monoisotopic (exact) mass is 562 g/mol. The number of aromatic nitrogens is 1. The highest BCUT2D eigenvalue weighted by atomic mass is 35.5. The first kappa shape index (κ1) is 26.7. The highest BCUT2D eigenvalue weighted by molar-refractivity contribution is 7.11. The number of carboxylic acid groups (broad SMARTS) is 1. The van der Waals surface area contributed by atoms with Gasteiger partial charge in [-0.2, -0.15) is 0 Å². The summed E-state index contributed by atoms with van der Waals surface area (Å²) in [6.07, 6.45) is 3.14. The second-order valence-corrected chi connectivity index (χ2v) is 10.8. The predicted octanol–water partition coefficient (Wildman–Crippen LogP) is 3.80. The van der Waals surface area contributed by atoms with Crippen LogP contribution in [0, 0.1) is 11.7 Å². The molecule has 2 bridgehead atoms. The van der Waals surface area contributed by atoms with Crippen molar-refractivity contribution in [2.45, 2.75) is 44.3 Å². The molecular formula is C26H28ClFN4O5S. The van der Waals surface area contributed by atoms with E-state index in [9.17, 15) is 19.1 Å². The molecule has 0 radical (unpaired) electrons. The lowest BCUT2D eigenvalue weighted by Gasteiger charge is -2.49. The van der Waals surface area contributed by atoms with Gasteiger partial charge in [-0.15, -0.1) is 11.3 Å². The Bertz CT molecular complexity index is 1260. The molecule has 202 valence electrons. The van der Waals surface area contributed by atoms with Crippen LogP contribution < -0.4 is 5.32 Å². The first-order valence-electron chi connectivity index (χ1n) is 12.5. The van der Waals surface area contributed by atoms with E-state index >= 15 is 0 Å². The molecule has 12 heteroatoms. The predicted molar refractivity (Wildman–Crippen MR) is 140 cm³/mol. The van der Waals surface area contributed by atoms with Gasteiger partial charge in [-0.3, -0.25) is 14.7 Å². The number of amidine groups is 1. The largest absolute Gasteiger partial charge is 0.481 e. The molecule has 9 nitrogen and oxygen atoms in total. The maximum Gasteiger partial charge on any atom is 0.338 e. The molecule has 4 heterocycles. The first-order chi connectivity index (χ1) is 18.4. The van der Waals surface area contributed by atoms with Gasteiger partial charge in [0, 0.05) is 47.9 Å². The van der Waals surface area contributed by atoms with Crippen molar-refractivity contribution < 1.29 is 28.6 Å². The van der Waals surface area contributed by atoms with E-state index in [-0.39, 0.29) is 41.6 Å². The second-order valence-electron chi connectivity index (χ2n) is 9.55. The van der Waals surface area contributed by atoms with Gasteiger partial charge < -0.3 is 19.9 Å². The third-order valence-electron chi connectivity index (χ3n) is 7.11. The lowest BCUT2D eigenvalue weighted by Crippen LogP contribution is -2.58. The minimum absolute atomic E-state index is 0.0111. The number of nitrogens with zero attached hydrogens (tertiary/aromatic N) is 3. The Labute approximate surface area is 228 Å². The zero-order valence-electron chi connectivity index (χ0n) is 20.7. The van der Waals surface area contributed by atoms with Crippen molar-refractivity contribution in [2.75, 3.05) is 26.4 Å². The van der Waals surface area contributed by atoms with Gasteiger partial charge in [-0.05, 0) is 31.7 Å². The molecule has 4 atom stereocenters. The lowest BCUT2D eigenvalue weighted by molar-refractivity contribution is -0.141. The molecule has 3 aliphatic rings. The summed E-state index contributed by atoms with van der Waals surface area (Å²) < 4.78 is 25.8. The molecule has 38 heavy (non-hydrogen) atoms. The summed E-state index contributed by atoms with van der Waals surface area (Å²) >= 11 is 7.78. The van der Waals surface area contributed by atoms with E-state index in [0.29, 0.717) is 54.7 Å². The van der Waals surface area contributed by atoms with Gasteiger partial charge in [-0.25, -0.2) is 14.2 Å². The minimum Gasteiger partial charge on any atom is -0.481 e. The second kappa shape index (κ2) is 11.5. The Morgan fingerprint density at radius 1 is 1.32 bits per heavy atom. The van der Waals surface area contributed by atoms with Crippen LogP contribution in [0.15, 0.2) is 46.0 Å². The number of benzene rings is 1. The van der Waals surface area contributed by atoms with Crippen molar-refractivity contribution in [3.63, 3.8) is 0 Å². The minimum atomic E-state index is -0.909. The van der Waals surface area contributed by atoms with Crippen molar-refractivity contribution in [1.82, 2.24) is 15.2 Å². The number of rotatable bonds is 8. The summed E-state index contributed by atoms with van der Waals surface area (Å²) in [5, 5.41) is 15.0. The van der Waals surface area contributed by atoms with Crippen LogP contribution in [0.25, 0.3) is 0 Å². The zero-order chi connectivity index (χ0) is 26.8. The molecule has 1 aromatic heterocycles. The van der Waals surface area contributed by atoms with Crippen LogP contribution in [-0.2, 0) is 19.1 Å². The number of carbonyl (C=O) groups is 2. The van der Waals surface area contributed by atoms with Gasteiger partial charge in [0.05, 0.1) is 30.4 Å². The number of aliphatic imine (C=N–C) groups is 1. The van der Waals surface area contributed by atoms with E-state index in [4.69, 9.17) is 26.1 Å².